The molecule has 14 heavy (non-hydrogen) atoms. The highest BCUT2D eigenvalue weighted by Gasteiger charge is 2.27. The molecule has 2 saturated carbocycles. The first-order valence-electron chi connectivity index (χ1n) is 6.19. The third-order valence-corrected chi connectivity index (χ3v) is 4.43. The van der Waals surface area contributed by atoms with Gasteiger partial charge in [-0.1, -0.05) is 19.3 Å². The third-order valence-electron chi connectivity index (χ3n) is 4.04. The minimum Gasteiger partial charge on any atom is -0.314 e. The fourth-order valence-electron chi connectivity index (χ4n) is 3.03. The molecule has 2 fully saturated rings. The summed E-state index contributed by atoms with van der Waals surface area (Å²) < 4.78 is 0. The number of hydrogen-bond acceptors (Lipinski definition) is 1. The monoisotopic (exact) mass is 215 g/mol. The van der Waals surface area contributed by atoms with Gasteiger partial charge in [-0.05, 0) is 44.1 Å². The molecule has 2 atom stereocenters. The van der Waals surface area contributed by atoms with Crippen molar-refractivity contribution in [3.63, 3.8) is 0 Å². The van der Waals surface area contributed by atoms with E-state index in [0.717, 1.165) is 23.8 Å². The molecular weight excluding hydrogens is 194 g/mol. The van der Waals surface area contributed by atoms with Gasteiger partial charge < -0.3 is 5.32 Å². The van der Waals surface area contributed by atoms with Crippen LogP contribution in [0, 0.1) is 11.8 Å². The Labute approximate surface area is 92.6 Å². The Morgan fingerprint density at radius 1 is 0.929 bits per heavy atom. The predicted octanol–water partition coefficient (Wildman–Crippen LogP) is 3.17. The average Bonchev–Trinajstić information content (AvgIpc) is 2.85. The van der Waals surface area contributed by atoms with Crippen molar-refractivity contribution in [2.75, 3.05) is 12.4 Å². The molecule has 0 spiro atoms. The summed E-state index contributed by atoms with van der Waals surface area (Å²) >= 11 is 5.97. The summed E-state index contributed by atoms with van der Waals surface area (Å²) in [7, 11) is 0. The fourth-order valence-corrected chi connectivity index (χ4v) is 3.44. The molecule has 2 unspecified atom stereocenters. The van der Waals surface area contributed by atoms with Gasteiger partial charge in [-0.3, -0.25) is 0 Å². The minimum absolute atomic E-state index is 0.797. The van der Waals surface area contributed by atoms with Gasteiger partial charge in [0.15, 0.2) is 0 Å². The lowest BCUT2D eigenvalue weighted by molar-refractivity contribution is 0.370. The number of hydrogen-bond donors (Lipinski definition) is 1. The van der Waals surface area contributed by atoms with E-state index in [1.165, 1.54) is 51.5 Å². The van der Waals surface area contributed by atoms with Crippen molar-refractivity contribution in [1.82, 2.24) is 5.32 Å². The van der Waals surface area contributed by atoms with E-state index >= 15 is 0 Å². The zero-order valence-corrected chi connectivity index (χ0v) is 9.73. The van der Waals surface area contributed by atoms with Gasteiger partial charge in [0.25, 0.3) is 0 Å². The summed E-state index contributed by atoms with van der Waals surface area (Å²) in [5.74, 6) is 2.54. The van der Waals surface area contributed by atoms with E-state index in [1.54, 1.807) is 0 Å². The van der Waals surface area contributed by atoms with Crippen LogP contribution in [0.15, 0.2) is 0 Å². The lowest BCUT2D eigenvalue weighted by atomic mass is 9.97. The Bertz CT molecular complexity index is 166. The van der Waals surface area contributed by atoms with Crippen molar-refractivity contribution in [3.05, 3.63) is 0 Å². The summed E-state index contributed by atoms with van der Waals surface area (Å²) in [5, 5.41) is 3.73. The summed E-state index contributed by atoms with van der Waals surface area (Å²) in [6.07, 6.45) is 9.82. The molecule has 0 saturated heterocycles. The molecule has 0 aromatic heterocycles. The molecule has 0 amide bonds. The molecule has 0 aromatic rings. The van der Waals surface area contributed by atoms with Crippen molar-refractivity contribution < 1.29 is 0 Å². The zero-order valence-electron chi connectivity index (χ0n) is 8.97. The molecule has 0 radical (unpaired) electrons. The molecule has 2 rings (SSSR count). The van der Waals surface area contributed by atoms with Crippen molar-refractivity contribution in [2.24, 2.45) is 11.8 Å². The highest BCUT2D eigenvalue weighted by atomic mass is 35.5. The summed E-state index contributed by atoms with van der Waals surface area (Å²) in [5.41, 5.74) is 0. The standard InChI is InChI=1S/C12H22ClN/c13-8-10-4-3-5-11(10)9-14-12-6-1-2-7-12/h10-12,14H,1-9H2. The molecule has 2 heteroatoms. The van der Waals surface area contributed by atoms with Crippen molar-refractivity contribution >= 4 is 11.6 Å². The molecular formula is C12H22ClN. The molecule has 2 aliphatic rings. The van der Waals surface area contributed by atoms with Crippen molar-refractivity contribution in [1.29, 1.82) is 0 Å². The largest absolute Gasteiger partial charge is 0.314 e. The number of halogens is 1. The van der Waals surface area contributed by atoms with Gasteiger partial charge in [0.1, 0.15) is 0 Å². The van der Waals surface area contributed by atoms with Gasteiger partial charge in [0, 0.05) is 11.9 Å². The van der Waals surface area contributed by atoms with Crippen LogP contribution in [0.2, 0.25) is 0 Å². The SMILES string of the molecule is ClCC1CCCC1CNC1CCCC1. The van der Waals surface area contributed by atoms with Crippen LogP contribution >= 0.6 is 11.6 Å². The first-order chi connectivity index (χ1) is 6.90. The van der Waals surface area contributed by atoms with Crippen LogP contribution in [-0.2, 0) is 0 Å². The van der Waals surface area contributed by atoms with Gasteiger partial charge in [0.05, 0.1) is 0 Å². The first kappa shape index (κ1) is 10.8. The minimum atomic E-state index is 0.797. The van der Waals surface area contributed by atoms with Crippen molar-refractivity contribution in [3.8, 4) is 0 Å². The van der Waals surface area contributed by atoms with E-state index in [4.69, 9.17) is 11.6 Å². The van der Waals surface area contributed by atoms with E-state index in [2.05, 4.69) is 5.32 Å². The third kappa shape index (κ3) is 2.64. The fraction of sp³-hybridized carbons (Fsp3) is 1.00. The normalized spacial score (nSPS) is 34.1. The quantitative estimate of drug-likeness (QED) is 0.711. The molecule has 82 valence electrons. The van der Waals surface area contributed by atoms with Crippen LogP contribution in [0.3, 0.4) is 0 Å². The highest BCUT2D eigenvalue weighted by Crippen LogP contribution is 2.32. The molecule has 1 nitrogen and oxygen atoms in total. The summed E-state index contributed by atoms with van der Waals surface area (Å²) in [4.78, 5) is 0. The number of alkyl halides is 1. The molecule has 2 aliphatic carbocycles. The van der Waals surface area contributed by atoms with E-state index < -0.39 is 0 Å². The van der Waals surface area contributed by atoms with Crippen LogP contribution < -0.4 is 5.32 Å². The zero-order chi connectivity index (χ0) is 9.80. The second kappa shape index (κ2) is 5.37. The maximum absolute atomic E-state index is 5.97. The van der Waals surface area contributed by atoms with E-state index in [-0.39, 0.29) is 0 Å². The van der Waals surface area contributed by atoms with Gasteiger partial charge in [-0.25, -0.2) is 0 Å². The lowest BCUT2D eigenvalue weighted by Crippen LogP contribution is -2.32. The van der Waals surface area contributed by atoms with Gasteiger partial charge in [-0.15, -0.1) is 11.6 Å². The van der Waals surface area contributed by atoms with Crippen LogP contribution in [0.1, 0.15) is 44.9 Å². The van der Waals surface area contributed by atoms with Crippen LogP contribution in [0.5, 0.6) is 0 Å². The Kier molecular flexibility index (Phi) is 4.12. The van der Waals surface area contributed by atoms with Crippen LogP contribution in [-0.4, -0.2) is 18.5 Å². The Hall–Kier alpha value is 0.250. The second-order valence-electron chi connectivity index (χ2n) is 4.99. The van der Waals surface area contributed by atoms with Gasteiger partial charge >= 0.3 is 0 Å². The summed E-state index contributed by atoms with van der Waals surface area (Å²) in [6.45, 7) is 1.22. The predicted molar refractivity (Wildman–Crippen MR) is 61.8 cm³/mol. The van der Waals surface area contributed by atoms with E-state index in [0.29, 0.717) is 0 Å². The van der Waals surface area contributed by atoms with Gasteiger partial charge in [0.2, 0.25) is 0 Å². The average molecular weight is 216 g/mol. The maximum Gasteiger partial charge on any atom is 0.0254 e. The Morgan fingerprint density at radius 2 is 1.64 bits per heavy atom. The number of nitrogens with one attached hydrogen (secondary N) is 1. The smallest absolute Gasteiger partial charge is 0.0254 e. The highest BCUT2D eigenvalue weighted by molar-refractivity contribution is 6.18. The van der Waals surface area contributed by atoms with Gasteiger partial charge in [-0.2, -0.15) is 0 Å². The molecule has 1 N–H and O–H groups in total. The second-order valence-corrected chi connectivity index (χ2v) is 5.30. The molecule has 0 aromatic carbocycles. The van der Waals surface area contributed by atoms with E-state index in [9.17, 15) is 0 Å². The van der Waals surface area contributed by atoms with Crippen LogP contribution in [0.25, 0.3) is 0 Å². The molecule has 0 aliphatic heterocycles. The molecule has 0 heterocycles. The van der Waals surface area contributed by atoms with E-state index in [1.807, 2.05) is 0 Å². The topological polar surface area (TPSA) is 12.0 Å². The maximum atomic E-state index is 5.97. The molecule has 0 bridgehead atoms. The lowest BCUT2D eigenvalue weighted by Gasteiger charge is -2.20. The Morgan fingerprint density at radius 3 is 2.36 bits per heavy atom. The number of rotatable bonds is 4. The van der Waals surface area contributed by atoms with Crippen molar-refractivity contribution in [2.45, 2.75) is 51.0 Å². The summed E-state index contributed by atoms with van der Waals surface area (Å²) in [6, 6.07) is 0.826. The first-order valence-corrected chi connectivity index (χ1v) is 6.73. The Balaban J connectivity index is 1.68. The van der Waals surface area contributed by atoms with Crippen LogP contribution in [0.4, 0.5) is 0 Å².